The topological polar surface area (TPSA) is 9.23 Å². The second-order valence-corrected chi connectivity index (χ2v) is 4.30. The van der Waals surface area contributed by atoms with Crippen molar-refractivity contribution in [2.24, 2.45) is 0 Å². The first-order valence-electron chi connectivity index (χ1n) is 5.68. The van der Waals surface area contributed by atoms with Gasteiger partial charge in [0.1, 0.15) is 0 Å². The second kappa shape index (κ2) is 5.31. The van der Waals surface area contributed by atoms with Crippen LogP contribution in [0.15, 0.2) is 30.3 Å². The molecule has 0 aliphatic carbocycles. The first-order chi connectivity index (χ1) is 9.68. The van der Waals surface area contributed by atoms with E-state index in [0.717, 1.165) is 6.07 Å². The molecular formula is C14H8F6O. The molecule has 2 aromatic rings. The van der Waals surface area contributed by atoms with Gasteiger partial charge in [0, 0.05) is 0 Å². The van der Waals surface area contributed by atoms with E-state index in [4.69, 9.17) is 4.74 Å². The monoisotopic (exact) mass is 306 g/mol. The van der Waals surface area contributed by atoms with Gasteiger partial charge in [-0.2, -0.15) is 13.2 Å². The minimum atomic E-state index is -4.89. The van der Waals surface area contributed by atoms with Gasteiger partial charge in [-0.25, -0.2) is 13.2 Å². The van der Waals surface area contributed by atoms with E-state index >= 15 is 0 Å². The minimum absolute atomic E-state index is 0.0894. The van der Waals surface area contributed by atoms with Crippen molar-refractivity contribution in [3.8, 4) is 11.5 Å². The van der Waals surface area contributed by atoms with E-state index in [0.29, 0.717) is 5.56 Å². The summed E-state index contributed by atoms with van der Waals surface area (Å²) in [4.78, 5) is 0. The third-order valence-corrected chi connectivity index (χ3v) is 2.62. The summed E-state index contributed by atoms with van der Waals surface area (Å²) in [6.45, 7) is 1.59. The van der Waals surface area contributed by atoms with E-state index in [9.17, 15) is 26.3 Å². The summed E-state index contributed by atoms with van der Waals surface area (Å²) >= 11 is 0. The van der Waals surface area contributed by atoms with E-state index < -0.39 is 40.7 Å². The largest absolute Gasteiger partial charge is 0.448 e. The van der Waals surface area contributed by atoms with Crippen LogP contribution in [0.2, 0.25) is 0 Å². The van der Waals surface area contributed by atoms with Gasteiger partial charge in [0.05, 0.1) is 5.56 Å². The van der Waals surface area contributed by atoms with E-state index in [1.165, 1.54) is 12.1 Å². The molecule has 0 aliphatic rings. The molecule has 0 heterocycles. The lowest BCUT2D eigenvalue weighted by Crippen LogP contribution is -2.07. The van der Waals surface area contributed by atoms with Crippen molar-refractivity contribution in [3.63, 3.8) is 0 Å². The number of benzene rings is 2. The Morgan fingerprint density at radius 1 is 0.857 bits per heavy atom. The fraction of sp³-hybridized carbons (Fsp3) is 0.143. The molecule has 2 aromatic carbocycles. The quantitative estimate of drug-likeness (QED) is 0.691. The molecule has 0 saturated heterocycles. The van der Waals surface area contributed by atoms with Crippen LogP contribution in [-0.2, 0) is 6.18 Å². The van der Waals surface area contributed by atoms with Gasteiger partial charge < -0.3 is 4.74 Å². The van der Waals surface area contributed by atoms with Gasteiger partial charge in [-0.15, -0.1) is 0 Å². The SMILES string of the molecule is Cc1ccc(F)c(Oc2c(F)cc(C(F)(F)F)cc2F)c1. The van der Waals surface area contributed by atoms with Crippen LogP contribution in [0.1, 0.15) is 11.1 Å². The molecule has 0 N–H and O–H groups in total. The zero-order valence-corrected chi connectivity index (χ0v) is 10.6. The summed E-state index contributed by atoms with van der Waals surface area (Å²) in [6, 6.07) is 3.77. The Kier molecular flexibility index (Phi) is 3.85. The van der Waals surface area contributed by atoms with Crippen LogP contribution in [-0.4, -0.2) is 0 Å². The Balaban J connectivity index is 2.44. The molecule has 0 aliphatic heterocycles. The third-order valence-electron chi connectivity index (χ3n) is 2.62. The van der Waals surface area contributed by atoms with Crippen molar-refractivity contribution in [1.82, 2.24) is 0 Å². The van der Waals surface area contributed by atoms with Crippen LogP contribution in [0.5, 0.6) is 11.5 Å². The van der Waals surface area contributed by atoms with Gasteiger partial charge in [-0.3, -0.25) is 0 Å². The van der Waals surface area contributed by atoms with Gasteiger partial charge >= 0.3 is 6.18 Å². The molecule has 0 amide bonds. The molecule has 112 valence electrons. The van der Waals surface area contributed by atoms with Crippen LogP contribution in [0.25, 0.3) is 0 Å². The molecular weight excluding hydrogens is 298 g/mol. The maximum Gasteiger partial charge on any atom is 0.416 e. The van der Waals surface area contributed by atoms with Crippen LogP contribution >= 0.6 is 0 Å². The molecule has 2 rings (SSSR count). The summed E-state index contributed by atoms with van der Waals surface area (Å²) < 4.78 is 82.5. The van der Waals surface area contributed by atoms with Crippen molar-refractivity contribution in [3.05, 3.63) is 58.9 Å². The highest BCUT2D eigenvalue weighted by Crippen LogP contribution is 2.36. The average Bonchev–Trinajstić information content (AvgIpc) is 2.36. The highest BCUT2D eigenvalue weighted by atomic mass is 19.4. The van der Waals surface area contributed by atoms with Crippen molar-refractivity contribution in [2.45, 2.75) is 13.1 Å². The fourth-order valence-electron chi connectivity index (χ4n) is 1.62. The van der Waals surface area contributed by atoms with E-state index in [1.807, 2.05) is 0 Å². The molecule has 7 heteroatoms. The predicted octanol–water partition coefficient (Wildman–Crippen LogP) is 5.22. The summed E-state index contributed by atoms with van der Waals surface area (Å²) in [5.74, 6) is -5.59. The number of ether oxygens (including phenoxy) is 1. The molecule has 1 nitrogen and oxygen atoms in total. The van der Waals surface area contributed by atoms with Crippen LogP contribution < -0.4 is 4.74 Å². The van der Waals surface area contributed by atoms with Crippen molar-refractivity contribution in [1.29, 1.82) is 0 Å². The Morgan fingerprint density at radius 3 is 1.95 bits per heavy atom. The first kappa shape index (κ1) is 15.2. The van der Waals surface area contributed by atoms with Gasteiger partial charge in [0.2, 0.25) is 0 Å². The smallest absolute Gasteiger partial charge is 0.416 e. The second-order valence-electron chi connectivity index (χ2n) is 4.30. The normalized spacial score (nSPS) is 11.6. The Bertz CT molecular complexity index is 655. The molecule has 0 unspecified atom stereocenters. The standard InChI is InChI=1S/C14H8F6O/c1-7-2-3-9(15)12(4-7)21-13-10(16)5-8(6-11(13)17)14(18,19)20/h2-6H,1H3. The maximum atomic E-state index is 13.6. The third kappa shape index (κ3) is 3.29. The molecule has 21 heavy (non-hydrogen) atoms. The van der Waals surface area contributed by atoms with Gasteiger partial charge in [-0.1, -0.05) is 6.07 Å². The van der Waals surface area contributed by atoms with Crippen LogP contribution in [0.4, 0.5) is 26.3 Å². The van der Waals surface area contributed by atoms with Gasteiger partial charge in [0.15, 0.2) is 29.0 Å². The number of alkyl halides is 3. The van der Waals surface area contributed by atoms with Crippen molar-refractivity contribution >= 4 is 0 Å². The first-order valence-corrected chi connectivity index (χ1v) is 5.68. The van der Waals surface area contributed by atoms with Gasteiger partial charge in [-0.05, 0) is 36.8 Å². The summed E-state index contributed by atoms with van der Waals surface area (Å²) in [6.07, 6.45) is -4.89. The molecule has 0 bridgehead atoms. The number of rotatable bonds is 2. The van der Waals surface area contributed by atoms with Crippen LogP contribution in [0.3, 0.4) is 0 Å². The molecule has 0 radical (unpaired) electrons. The number of hydrogen-bond donors (Lipinski definition) is 0. The summed E-state index contributed by atoms with van der Waals surface area (Å²) in [7, 11) is 0. The van der Waals surface area contributed by atoms with E-state index in [2.05, 4.69) is 0 Å². The molecule has 0 fully saturated rings. The minimum Gasteiger partial charge on any atom is -0.448 e. The zero-order valence-electron chi connectivity index (χ0n) is 10.6. The molecule has 0 spiro atoms. The predicted molar refractivity (Wildman–Crippen MR) is 62.6 cm³/mol. The highest BCUT2D eigenvalue weighted by molar-refractivity contribution is 5.38. The zero-order chi connectivity index (χ0) is 15.8. The van der Waals surface area contributed by atoms with E-state index in [-0.39, 0.29) is 12.1 Å². The summed E-state index contributed by atoms with van der Waals surface area (Å²) in [5.41, 5.74) is -0.936. The van der Waals surface area contributed by atoms with Crippen molar-refractivity contribution in [2.75, 3.05) is 0 Å². The molecule has 0 aromatic heterocycles. The average molecular weight is 306 g/mol. The molecule has 0 atom stereocenters. The van der Waals surface area contributed by atoms with Crippen molar-refractivity contribution < 1.29 is 31.1 Å². The Morgan fingerprint density at radius 2 is 1.43 bits per heavy atom. The fourth-order valence-corrected chi connectivity index (χ4v) is 1.62. The molecule has 0 saturated carbocycles. The Labute approximate surface area is 115 Å². The lowest BCUT2D eigenvalue weighted by molar-refractivity contribution is -0.138. The van der Waals surface area contributed by atoms with Crippen LogP contribution in [0, 0.1) is 24.4 Å². The lowest BCUT2D eigenvalue weighted by Gasteiger charge is -2.12. The Hall–Kier alpha value is -2.18. The van der Waals surface area contributed by atoms with Gasteiger partial charge in [0.25, 0.3) is 0 Å². The highest BCUT2D eigenvalue weighted by Gasteiger charge is 2.33. The number of hydrogen-bond acceptors (Lipinski definition) is 1. The number of aryl methyl sites for hydroxylation is 1. The lowest BCUT2D eigenvalue weighted by atomic mass is 10.2. The van der Waals surface area contributed by atoms with E-state index in [1.54, 1.807) is 6.92 Å². The number of halogens is 6. The maximum absolute atomic E-state index is 13.6. The summed E-state index contributed by atoms with van der Waals surface area (Å²) in [5, 5.41) is 0.